The van der Waals surface area contributed by atoms with Gasteiger partial charge in [0.2, 0.25) is 0 Å². The Morgan fingerprint density at radius 3 is 1.59 bits per heavy atom. The van der Waals surface area contributed by atoms with E-state index < -0.39 is 12.2 Å². The van der Waals surface area contributed by atoms with Crippen molar-refractivity contribution in [2.75, 3.05) is 24.9 Å². The van der Waals surface area contributed by atoms with Crippen molar-refractivity contribution in [3.8, 4) is 22.3 Å². The Morgan fingerprint density at radius 1 is 0.655 bits per heavy atom. The molecule has 0 unspecified atom stereocenters. The molecule has 2 N–H and O–H groups in total. The van der Waals surface area contributed by atoms with Gasteiger partial charge in [0.15, 0.2) is 0 Å². The summed E-state index contributed by atoms with van der Waals surface area (Å²) in [5.74, 6) is 0. The summed E-state index contributed by atoms with van der Waals surface area (Å²) in [5, 5.41) is 5.28. The van der Waals surface area contributed by atoms with Crippen LogP contribution in [0.5, 0.6) is 0 Å². The lowest BCUT2D eigenvalue weighted by Crippen LogP contribution is -2.10. The highest BCUT2D eigenvalue weighted by atomic mass is 16.5. The number of hydrogen-bond donors (Lipinski definition) is 2. The van der Waals surface area contributed by atoms with Crippen LogP contribution in [0.1, 0.15) is 5.56 Å². The second kappa shape index (κ2) is 8.93. The predicted molar refractivity (Wildman–Crippen MR) is 114 cm³/mol. The van der Waals surface area contributed by atoms with Gasteiger partial charge in [-0.05, 0) is 65.1 Å². The number of methoxy groups -OCH3 is 2. The first-order valence-electron chi connectivity index (χ1n) is 9.01. The van der Waals surface area contributed by atoms with Crippen LogP contribution in [0.15, 0.2) is 66.7 Å². The molecule has 0 radical (unpaired) electrons. The zero-order valence-corrected chi connectivity index (χ0v) is 16.5. The lowest BCUT2D eigenvalue weighted by molar-refractivity contribution is 0.186. The van der Waals surface area contributed by atoms with Crippen LogP contribution >= 0.6 is 0 Å². The van der Waals surface area contributed by atoms with Crippen LogP contribution in [0.4, 0.5) is 21.0 Å². The molecule has 6 heteroatoms. The fraction of sp³-hybridized carbons (Fsp3) is 0.130. The fourth-order valence-electron chi connectivity index (χ4n) is 2.93. The normalized spacial score (nSPS) is 10.2. The van der Waals surface area contributed by atoms with E-state index in [2.05, 4.69) is 45.2 Å². The number of rotatable bonds is 4. The molecule has 0 atom stereocenters. The Hall–Kier alpha value is -3.80. The molecule has 0 aliphatic heterocycles. The van der Waals surface area contributed by atoms with Crippen molar-refractivity contribution in [1.29, 1.82) is 0 Å². The molecule has 0 spiro atoms. The van der Waals surface area contributed by atoms with E-state index in [1.807, 2.05) is 48.5 Å². The molecule has 0 bridgehead atoms. The number of carbonyl (C=O) groups is 2. The van der Waals surface area contributed by atoms with Gasteiger partial charge in [0.1, 0.15) is 0 Å². The van der Waals surface area contributed by atoms with Crippen LogP contribution in [0.2, 0.25) is 0 Å². The highest BCUT2D eigenvalue weighted by molar-refractivity contribution is 5.86. The zero-order chi connectivity index (χ0) is 20.8. The summed E-state index contributed by atoms with van der Waals surface area (Å²) in [6.07, 6.45) is -0.999. The van der Waals surface area contributed by atoms with Gasteiger partial charge in [0.25, 0.3) is 0 Å². The highest BCUT2D eigenvalue weighted by Crippen LogP contribution is 2.30. The first-order valence-corrected chi connectivity index (χ1v) is 9.01. The Labute approximate surface area is 169 Å². The average Bonchev–Trinajstić information content (AvgIpc) is 2.75. The summed E-state index contributed by atoms with van der Waals surface area (Å²) in [5.41, 5.74) is 6.72. The molecule has 0 saturated carbocycles. The van der Waals surface area contributed by atoms with Crippen molar-refractivity contribution in [3.63, 3.8) is 0 Å². The first-order chi connectivity index (χ1) is 14.0. The van der Waals surface area contributed by atoms with Crippen molar-refractivity contribution in [3.05, 3.63) is 72.3 Å². The number of amides is 2. The third-order valence-electron chi connectivity index (χ3n) is 4.52. The van der Waals surface area contributed by atoms with Crippen LogP contribution in [0.3, 0.4) is 0 Å². The maximum atomic E-state index is 11.3. The number of benzene rings is 3. The minimum absolute atomic E-state index is 0.499. The van der Waals surface area contributed by atoms with Gasteiger partial charge in [0, 0.05) is 11.4 Å². The first kappa shape index (κ1) is 19.9. The lowest BCUT2D eigenvalue weighted by Gasteiger charge is -2.11. The second-order valence-corrected chi connectivity index (χ2v) is 6.42. The monoisotopic (exact) mass is 390 g/mol. The molecule has 0 heterocycles. The van der Waals surface area contributed by atoms with Gasteiger partial charge < -0.3 is 9.47 Å². The maximum Gasteiger partial charge on any atom is 0.411 e. The van der Waals surface area contributed by atoms with Crippen LogP contribution in [-0.2, 0) is 9.47 Å². The quantitative estimate of drug-likeness (QED) is 0.600. The van der Waals surface area contributed by atoms with Crippen molar-refractivity contribution < 1.29 is 19.1 Å². The van der Waals surface area contributed by atoms with Gasteiger partial charge in [-0.3, -0.25) is 10.6 Å². The van der Waals surface area contributed by atoms with Crippen molar-refractivity contribution in [1.82, 2.24) is 0 Å². The molecular weight excluding hydrogens is 368 g/mol. The molecular formula is C23H22N2O4. The van der Waals surface area contributed by atoms with Crippen molar-refractivity contribution in [2.45, 2.75) is 6.92 Å². The minimum atomic E-state index is -0.500. The van der Waals surface area contributed by atoms with Crippen LogP contribution in [0, 0.1) is 6.92 Å². The van der Waals surface area contributed by atoms with E-state index in [0.29, 0.717) is 11.4 Å². The molecule has 0 aromatic heterocycles. The molecule has 0 saturated heterocycles. The minimum Gasteiger partial charge on any atom is -0.453 e. The van der Waals surface area contributed by atoms with Crippen LogP contribution < -0.4 is 10.6 Å². The molecule has 3 aromatic carbocycles. The molecule has 148 valence electrons. The van der Waals surface area contributed by atoms with E-state index in [-0.39, 0.29) is 0 Å². The molecule has 29 heavy (non-hydrogen) atoms. The summed E-state index contributed by atoms with van der Waals surface area (Å²) in [6, 6.07) is 21.4. The molecule has 6 nitrogen and oxygen atoms in total. The van der Waals surface area contributed by atoms with E-state index in [1.165, 1.54) is 14.2 Å². The molecule has 2 amide bonds. The smallest absolute Gasteiger partial charge is 0.411 e. The van der Waals surface area contributed by atoms with Gasteiger partial charge in [-0.15, -0.1) is 0 Å². The number of aryl methyl sites for hydroxylation is 1. The summed E-state index contributed by atoms with van der Waals surface area (Å²) in [4.78, 5) is 22.6. The van der Waals surface area contributed by atoms with E-state index in [9.17, 15) is 9.59 Å². The van der Waals surface area contributed by atoms with E-state index >= 15 is 0 Å². The van der Waals surface area contributed by atoms with Gasteiger partial charge in [0.05, 0.1) is 14.2 Å². The van der Waals surface area contributed by atoms with E-state index in [4.69, 9.17) is 0 Å². The predicted octanol–water partition coefficient (Wildman–Crippen LogP) is 5.69. The Kier molecular flexibility index (Phi) is 6.14. The van der Waals surface area contributed by atoms with Crippen molar-refractivity contribution in [2.24, 2.45) is 0 Å². The number of anilines is 2. The van der Waals surface area contributed by atoms with E-state index in [1.54, 1.807) is 0 Å². The third-order valence-corrected chi connectivity index (χ3v) is 4.52. The van der Waals surface area contributed by atoms with Gasteiger partial charge in [-0.1, -0.05) is 36.4 Å². The van der Waals surface area contributed by atoms with Crippen LogP contribution in [0.25, 0.3) is 22.3 Å². The Morgan fingerprint density at radius 2 is 1.10 bits per heavy atom. The standard InChI is InChI=1S/C23H22N2O4/c1-15-4-5-18(16-6-10-19(11-7-16)24-22(26)28-2)14-21(15)17-8-12-20(13-9-17)25-23(27)29-3/h4-14H,1-3H3,(H,24,26)(H,25,27). The number of nitrogens with one attached hydrogen (secondary N) is 2. The molecule has 0 aliphatic rings. The largest absolute Gasteiger partial charge is 0.453 e. The Bertz CT molecular complexity index is 1010. The van der Waals surface area contributed by atoms with E-state index in [0.717, 1.165) is 27.8 Å². The molecule has 0 aliphatic carbocycles. The second-order valence-electron chi connectivity index (χ2n) is 6.42. The highest BCUT2D eigenvalue weighted by Gasteiger charge is 2.07. The molecule has 3 rings (SSSR count). The summed E-state index contributed by atoms with van der Waals surface area (Å²) >= 11 is 0. The number of carbonyl (C=O) groups excluding carboxylic acids is 2. The average molecular weight is 390 g/mol. The summed E-state index contributed by atoms with van der Waals surface area (Å²) < 4.78 is 9.21. The molecule has 3 aromatic rings. The SMILES string of the molecule is COC(=O)Nc1ccc(-c2ccc(C)c(-c3ccc(NC(=O)OC)cc3)c2)cc1. The molecule has 0 fully saturated rings. The van der Waals surface area contributed by atoms with Gasteiger partial charge in [-0.25, -0.2) is 9.59 Å². The van der Waals surface area contributed by atoms with Gasteiger partial charge in [-0.2, -0.15) is 0 Å². The Balaban J connectivity index is 1.84. The zero-order valence-electron chi connectivity index (χ0n) is 16.5. The third kappa shape index (κ3) is 4.93. The van der Waals surface area contributed by atoms with Gasteiger partial charge >= 0.3 is 12.2 Å². The maximum absolute atomic E-state index is 11.3. The topological polar surface area (TPSA) is 76.7 Å². The number of hydrogen-bond acceptors (Lipinski definition) is 4. The lowest BCUT2D eigenvalue weighted by atomic mass is 9.95. The van der Waals surface area contributed by atoms with Crippen molar-refractivity contribution >= 4 is 23.6 Å². The number of ether oxygens (including phenoxy) is 2. The van der Waals surface area contributed by atoms with Crippen LogP contribution in [-0.4, -0.2) is 26.4 Å². The fourth-order valence-corrected chi connectivity index (χ4v) is 2.93. The summed E-state index contributed by atoms with van der Waals surface area (Å²) in [7, 11) is 2.66. The summed E-state index contributed by atoms with van der Waals surface area (Å²) in [6.45, 7) is 2.06.